The first-order chi connectivity index (χ1) is 18.3. The first kappa shape index (κ1) is 25.6. The fourth-order valence-electron chi connectivity index (χ4n) is 3.91. The first-order valence-electron chi connectivity index (χ1n) is 11.5. The summed E-state index contributed by atoms with van der Waals surface area (Å²) in [4.78, 5) is 26.2. The van der Waals surface area contributed by atoms with E-state index >= 15 is 0 Å². The molecule has 1 aliphatic heterocycles. The van der Waals surface area contributed by atoms with Crippen molar-refractivity contribution in [2.45, 2.75) is 11.0 Å². The number of nitrogens with zero attached hydrogens (tertiary/aromatic N) is 4. The SMILES string of the molecule is COc1ccc(C2CN(c3ncc4sc(NS(=O)(=O)c5cccc(C=CC(=O)O)c5)cc4n3)CCO2)cn1. The molecule has 3 aromatic heterocycles. The Bertz CT molecular complexity index is 1600. The van der Waals surface area contributed by atoms with E-state index in [0.29, 0.717) is 47.6 Å². The third kappa shape index (κ3) is 5.74. The van der Waals surface area contributed by atoms with Crippen molar-refractivity contribution in [3.05, 3.63) is 72.1 Å². The highest BCUT2D eigenvalue weighted by molar-refractivity contribution is 7.93. The van der Waals surface area contributed by atoms with Crippen molar-refractivity contribution in [1.82, 2.24) is 15.0 Å². The van der Waals surface area contributed by atoms with Crippen molar-refractivity contribution in [2.24, 2.45) is 0 Å². The van der Waals surface area contributed by atoms with Gasteiger partial charge in [-0.2, -0.15) is 0 Å². The van der Waals surface area contributed by atoms with Crippen LogP contribution in [0.15, 0.2) is 65.8 Å². The van der Waals surface area contributed by atoms with Crippen molar-refractivity contribution in [2.75, 3.05) is 36.4 Å². The zero-order valence-corrected chi connectivity index (χ0v) is 21.8. The van der Waals surface area contributed by atoms with E-state index in [2.05, 4.69) is 19.7 Å². The maximum atomic E-state index is 13.0. The number of hydrogen-bond acceptors (Lipinski definition) is 10. The Kier molecular flexibility index (Phi) is 7.22. The first-order valence-corrected chi connectivity index (χ1v) is 13.8. The summed E-state index contributed by atoms with van der Waals surface area (Å²) in [5, 5.41) is 9.20. The zero-order chi connectivity index (χ0) is 26.7. The second-order valence-electron chi connectivity index (χ2n) is 8.32. The Balaban J connectivity index is 1.33. The van der Waals surface area contributed by atoms with Gasteiger partial charge >= 0.3 is 5.97 Å². The molecule has 11 nitrogen and oxygen atoms in total. The smallest absolute Gasteiger partial charge is 0.328 e. The lowest BCUT2D eigenvalue weighted by Crippen LogP contribution is -2.39. The summed E-state index contributed by atoms with van der Waals surface area (Å²) in [6, 6.07) is 11.4. The van der Waals surface area contributed by atoms with Gasteiger partial charge in [-0.3, -0.25) is 4.72 Å². The van der Waals surface area contributed by atoms with Crippen LogP contribution >= 0.6 is 11.3 Å². The fraction of sp³-hybridized carbons (Fsp3) is 0.200. The van der Waals surface area contributed by atoms with Gasteiger partial charge in [-0.05, 0) is 35.9 Å². The van der Waals surface area contributed by atoms with Crippen molar-refractivity contribution in [1.29, 1.82) is 0 Å². The van der Waals surface area contributed by atoms with Gasteiger partial charge in [0.1, 0.15) is 11.1 Å². The Morgan fingerprint density at radius 2 is 2.11 bits per heavy atom. The Labute approximate surface area is 222 Å². The quantitative estimate of drug-likeness (QED) is 0.311. The number of benzene rings is 1. The molecule has 1 aromatic carbocycles. The van der Waals surface area contributed by atoms with Gasteiger partial charge in [0, 0.05) is 30.4 Å². The average Bonchev–Trinajstić information content (AvgIpc) is 3.33. The van der Waals surface area contributed by atoms with Gasteiger partial charge in [0.25, 0.3) is 10.0 Å². The van der Waals surface area contributed by atoms with E-state index in [4.69, 9.17) is 14.6 Å². The summed E-state index contributed by atoms with van der Waals surface area (Å²) in [5.74, 6) is -0.0632. The van der Waals surface area contributed by atoms with Crippen LogP contribution in [0, 0.1) is 0 Å². The number of anilines is 2. The van der Waals surface area contributed by atoms with E-state index in [1.165, 1.54) is 29.5 Å². The second kappa shape index (κ2) is 10.7. The molecule has 0 spiro atoms. The standard InChI is InChI=1S/C25H23N5O6S2/c1-35-22-7-6-17(13-26-22)20-15-30(9-10-36-20)25-27-14-21-19(28-25)12-23(37-21)29-38(33,34)18-4-2-3-16(11-18)5-8-24(31)32/h2-8,11-14,20,29H,9-10,15H2,1H3,(H,31,32). The van der Waals surface area contributed by atoms with Crippen LogP contribution < -0.4 is 14.4 Å². The van der Waals surface area contributed by atoms with Crippen LogP contribution in [0.5, 0.6) is 5.88 Å². The Hall–Kier alpha value is -4.07. The number of morpholine rings is 1. The molecule has 1 atom stereocenters. The summed E-state index contributed by atoms with van der Waals surface area (Å²) < 4.78 is 40.3. The maximum absolute atomic E-state index is 13.0. The van der Waals surface area contributed by atoms with E-state index in [9.17, 15) is 13.2 Å². The molecular formula is C25H23N5O6S2. The van der Waals surface area contributed by atoms with Gasteiger partial charge in [-0.1, -0.05) is 12.1 Å². The molecule has 0 aliphatic carbocycles. The molecule has 4 heterocycles. The number of sulfonamides is 1. The highest BCUT2D eigenvalue weighted by Gasteiger charge is 2.25. The zero-order valence-electron chi connectivity index (χ0n) is 20.1. The molecule has 1 fully saturated rings. The van der Waals surface area contributed by atoms with Crippen LogP contribution in [0.4, 0.5) is 10.9 Å². The van der Waals surface area contributed by atoms with Crippen LogP contribution in [0.3, 0.4) is 0 Å². The molecule has 196 valence electrons. The number of pyridine rings is 1. The molecule has 0 radical (unpaired) electrons. The molecule has 13 heteroatoms. The monoisotopic (exact) mass is 553 g/mol. The van der Waals surface area contributed by atoms with Gasteiger partial charge in [0.2, 0.25) is 11.8 Å². The minimum absolute atomic E-state index is 0.0154. The number of rotatable bonds is 8. The van der Waals surface area contributed by atoms with E-state index in [1.54, 1.807) is 43.8 Å². The van der Waals surface area contributed by atoms with Gasteiger partial charge in [-0.15, -0.1) is 11.3 Å². The minimum atomic E-state index is -3.91. The Morgan fingerprint density at radius 3 is 2.87 bits per heavy atom. The lowest BCUT2D eigenvalue weighted by molar-refractivity contribution is -0.131. The van der Waals surface area contributed by atoms with Crippen molar-refractivity contribution in [3.8, 4) is 5.88 Å². The number of thiophene rings is 1. The normalized spacial score (nSPS) is 16.1. The van der Waals surface area contributed by atoms with Crippen LogP contribution in [0.25, 0.3) is 16.3 Å². The molecule has 1 unspecified atom stereocenters. The van der Waals surface area contributed by atoms with E-state index < -0.39 is 16.0 Å². The number of nitrogens with one attached hydrogen (secondary N) is 1. The predicted octanol–water partition coefficient (Wildman–Crippen LogP) is 3.57. The summed E-state index contributed by atoms with van der Waals surface area (Å²) in [7, 11) is -2.34. The van der Waals surface area contributed by atoms with Gasteiger partial charge in [-0.25, -0.2) is 28.2 Å². The van der Waals surface area contributed by atoms with Crippen molar-refractivity contribution >= 4 is 54.6 Å². The number of carboxylic acids is 1. The van der Waals surface area contributed by atoms with Crippen LogP contribution in [-0.2, 0) is 19.6 Å². The number of methoxy groups -OCH3 is 1. The van der Waals surface area contributed by atoms with Gasteiger partial charge in [0.15, 0.2) is 0 Å². The molecular weight excluding hydrogens is 530 g/mol. The average molecular weight is 554 g/mol. The number of hydrogen-bond donors (Lipinski definition) is 2. The number of aromatic nitrogens is 3. The highest BCUT2D eigenvalue weighted by Crippen LogP contribution is 2.32. The molecule has 0 amide bonds. The van der Waals surface area contributed by atoms with Gasteiger partial charge in [0.05, 0.1) is 41.6 Å². The number of carboxylic acid groups (broad SMARTS) is 1. The lowest BCUT2D eigenvalue weighted by atomic mass is 10.1. The molecule has 1 aliphatic rings. The van der Waals surface area contributed by atoms with Crippen LogP contribution in [0.2, 0.25) is 0 Å². The molecule has 0 bridgehead atoms. The maximum Gasteiger partial charge on any atom is 0.328 e. The largest absolute Gasteiger partial charge is 0.481 e. The summed E-state index contributed by atoms with van der Waals surface area (Å²) in [6.07, 6.45) is 5.49. The number of fused-ring (bicyclic) bond motifs is 1. The van der Waals surface area contributed by atoms with Crippen LogP contribution in [0.1, 0.15) is 17.2 Å². The van der Waals surface area contributed by atoms with Crippen molar-refractivity contribution in [3.63, 3.8) is 0 Å². The fourth-order valence-corrected chi connectivity index (χ4v) is 6.12. The molecule has 1 saturated heterocycles. The third-order valence-corrected chi connectivity index (χ3v) is 8.24. The number of ether oxygens (including phenoxy) is 2. The van der Waals surface area contributed by atoms with E-state index in [0.717, 1.165) is 16.3 Å². The van der Waals surface area contributed by atoms with Crippen LogP contribution in [-0.4, -0.2) is 61.3 Å². The second-order valence-corrected chi connectivity index (χ2v) is 11.1. The van der Waals surface area contributed by atoms with E-state index in [-0.39, 0.29) is 11.0 Å². The lowest BCUT2D eigenvalue weighted by Gasteiger charge is -2.33. The summed E-state index contributed by atoms with van der Waals surface area (Å²) >= 11 is 1.22. The third-order valence-electron chi connectivity index (χ3n) is 5.77. The van der Waals surface area contributed by atoms with E-state index in [1.807, 2.05) is 11.0 Å². The molecule has 38 heavy (non-hydrogen) atoms. The minimum Gasteiger partial charge on any atom is -0.481 e. The number of carbonyl (C=O) groups is 1. The summed E-state index contributed by atoms with van der Waals surface area (Å²) in [5.41, 5.74) is 1.99. The molecule has 5 rings (SSSR count). The Morgan fingerprint density at radius 1 is 1.24 bits per heavy atom. The highest BCUT2D eigenvalue weighted by atomic mass is 32.2. The topological polar surface area (TPSA) is 144 Å². The molecule has 4 aromatic rings. The molecule has 2 N–H and O–H groups in total. The van der Waals surface area contributed by atoms with Gasteiger partial charge < -0.3 is 19.5 Å². The number of aliphatic carboxylic acids is 1. The predicted molar refractivity (Wildman–Crippen MR) is 143 cm³/mol. The molecule has 0 saturated carbocycles. The summed E-state index contributed by atoms with van der Waals surface area (Å²) in [6.45, 7) is 1.64. The van der Waals surface area contributed by atoms with Crippen molar-refractivity contribution < 1.29 is 27.8 Å².